The molecule has 0 spiro atoms. The largest absolute Gasteiger partial charge is 0.473 e. The fourth-order valence-corrected chi connectivity index (χ4v) is 4.08. The minimum absolute atomic E-state index is 0.116. The molecule has 1 atom stereocenters. The Balaban J connectivity index is 1.38. The van der Waals surface area contributed by atoms with Crippen LogP contribution in [0.3, 0.4) is 0 Å². The van der Waals surface area contributed by atoms with Crippen LogP contribution < -0.4 is 10.1 Å². The monoisotopic (exact) mass is 391 g/mol. The topological polar surface area (TPSA) is 73.6 Å². The first-order valence-electron chi connectivity index (χ1n) is 10.0. The van der Waals surface area contributed by atoms with E-state index >= 15 is 0 Å². The summed E-state index contributed by atoms with van der Waals surface area (Å²) < 4.78 is 13.9. The van der Waals surface area contributed by atoms with E-state index in [0.717, 1.165) is 46.5 Å². The molecule has 7 heteroatoms. The van der Waals surface area contributed by atoms with Crippen LogP contribution >= 0.6 is 0 Å². The van der Waals surface area contributed by atoms with Crippen molar-refractivity contribution < 1.29 is 9.47 Å². The molecule has 5 rings (SSSR count). The Kier molecular flexibility index (Phi) is 4.28. The lowest BCUT2D eigenvalue weighted by Gasteiger charge is -2.35. The van der Waals surface area contributed by atoms with Crippen molar-refractivity contribution in [1.29, 1.82) is 0 Å². The lowest BCUT2D eigenvalue weighted by atomic mass is 9.96. The van der Waals surface area contributed by atoms with Gasteiger partial charge in [0.1, 0.15) is 11.8 Å². The van der Waals surface area contributed by atoms with Crippen molar-refractivity contribution in [2.24, 2.45) is 12.0 Å². The highest BCUT2D eigenvalue weighted by molar-refractivity contribution is 6.09. The van der Waals surface area contributed by atoms with Gasteiger partial charge in [0.25, 0.3) is 0 Å². The van der Waals surface area contributed by atoms with Gasteiger partial charge in [-0.1, -0.05) is 6.07 Å². The molecule has 0 aliphatic carbocycles. The highest BCUT2D eigenvalue weighted by Crippen LogP contribution is 2.32. The molecule has 7 nitrogen and oxygen atoms in total. The van der Waals surface area contributed by atoms with Crippen LogP contribution in [0.15, 0.2) is 41.5 Å². The van der Waals surface area contributed by atoms with Crippen molar-refractivity contribution in [3.05, 3.63) is 47.8 Å². The first-order chi connectivity index (χ1) is 14.0. The first kappa shape index (κ1) is 18.1. The third-order valence-corrected chi connectivity index (χ3v) is 5.53. The van der Waals surface area contributed by atoms with E-state index in [1.807, 2.05) is 23.9 Å². The third-order valence-electron chi connectivity index (χ3n) is 5.53. The van der Waals surface area contributed by atoms with Crippen LogP contribution in [0, 0.1) is 0 Å². The van der Waals surface area contributed by atoms with Crippen molar-refractivity contribution >= 4 is 22.4 Å². The van der Waals surface area contributed by atoms with Gasteiger partial charge in [0.15, 0.2) is 5.84 Å². The Bertz CT molecular complexity index is 1100. The molecule has 4 heterocycles. The van der Waals surface area contributed by atoms with Gasteiger partial charge in [0, 0.05) is 37.3 Å². The maximum absolute atomic E-state index is 6.28. The molecular weight excluding hydrogens is 366 g/mol. The molecule has 1 N–H and O–H groups in total. The number of anilines is 1. The zero-order valence-corrected chi connectivity index (χ0v) is 17.0. The minimum atomic E-state index is -0.156. The summed E-state index contributed by atoms with van der Waals surface area (Å²) in [6, 6.07) is 10.2. The number of aromatic nitrogens is 3. The maximum Gasteiger partial charge on any atom is 0.241 e. The molecule has 1 aromatic carbocycles. The zero-order chi connectivity index (χ0) is 20.0. The lowest BCUT2D eigenvalue weighted by Crippen LogP contribution is -2.39. The van der Waals surface area contributed by atoms with E-state index in [4.69, 9.17) is 9.47 Å². The van der Waals surface area contributed by atoms with E-state index in [0.29, 0.717) is 19.0 Å². The molecule has 0 radical (unpaired) electrons. The number of aliphatic imine (C=N–C) groups is 1. The molecule has 1 unspecified atom stereocenters. The first-order valence-corrected chi connectivity index (χ1v) is 10.0. The molecule has 29 heavy (non-hydrogen) atoms. The van der Waals surface area contributed by atoms with Crippen LogP contribution in [0.25, 0.3) is 10.9 Å². The summed E-state index contributed by atoms with van der Waals surface area (Å²) in [5, 5.41) is 9.04. The molecule has 150 valence electrons. The van der Waals surface area contributed by atoms with Gasteiger partial charge in [0.05, 0.1) is 29.7 Å². The Morgan fingerprint density at radius 1 is 1.28 bits per heavy atom. The van der Waals surface area contributed by atoms with Crippen molar-refractivity contribution in [1.82, 2.24) is 14.8 Å². The van der Waals surface area contributed by atoms with Crippen molar-refractivity contribution in [3.8, 4) is 5.88 Å². The Hall–Kier alpha value is -2.93. The van der Waals surface area contributed by atoms with Crippen LogP contribution in [0.5, 0.6) is 5.88 Å². The third kappa shape index (κ3) is 3.46. The summed E-state index contributed by atoms with van der Waals surface area (Å²) in [4.78, 5) is 9.04. The van der Waals surface area contributed by atoms with Gasteiger partial charge in [-0.3, -0.25) is 14.7 Å². The molecule has 3 aromatic rings. The summed E-state index contributed by atoms with van der Waals surface area (Å²) in [7, 11) is 1.94. The summed E-state index contributed by atoms with van der Waals surface area (Å²) in [6.45, 7) is 5.60. The predicted octanol–water partition coefficient (Wildman–Crippen LogP) is 3.68. The number of rotatable bonds is 3. The summed E-state index contributed by atoms with van der Waals surface area (Å²) in [5.41, 5.74) is 3.87. The van der Waals surface area contributed by atoms with Gasteiger partial charge in [-0.15, -0.1) is 5.10 Å². The van der Waals surface area contributed by atoms with Gasteiger partial charge >= 0.3 is 0 Å². The number of amidine groups is 1. The zero-order valence-electron chi connectivity index (χ0n) is 17.0. The molecule has 0 amide bonds. The molecule has 2 aromatic heterocycles. The van der Waals surface area contributed by atoms with Crippen LogP contribution in [0.1, 0.15) is 37.9 Å². The number of nitrogens with one attached hydrogen (secondary N) is 1. The second-order valence-corrected chi connectivity index (χ2v) is 8.30. The van der Waals surface area contributed by atoms with Crippen LogP contribution in [0.2, 0.25) is 0 Å². The van der Waals surface area contributed by atoms with Crippen molar-refractivity contribution in [2.75, 3.05) is 11.9 Å². The maximum atomic E-state index is 6.28. The average molecular weight is 391 g/mol. The molecule has 0 bridgehead atoms. The predicted molar refractivity (Wildman–Crippen MR) is 112 cm³/mol. The van der Waals surface area contributed by atoms with Gasteiger partial charge in [0.2, 0.25) is 5.88 Å². The number of ether oxygens (including phenoxy) is 2. The molecule has 0 saturated carbocycles. The number of hydrogen-bond acceptors (Lipinski definition) is 6. The number of nitrogens with zero attached hydrogens (tertiary/aromatic N) is 4. The van der Waals surface area contributed by atoms with E-state index in [-0.39, 0.29) is 11.7 Å². The van der Waals surface area contributed by atoms with Gasteiger partial charge < -0.3 is 14.8 Å². The van der Waals surface area contributed by atoms with E-state index in [2.05, 4.69) is 52.4 Å². The van der Waals surface area contributed by atoms with Crippen molar-refractivity contribution in [3.63, 3.8) is 0 Å². The molecule has 2 aliphatic heterocycles. The van der Waals surface area contributed by atoms with E-state index < -0.39 is 0 Å². The van der Waals surface area contributed by atoms with Crippen LogP contribution in [0.4, 0.5) is 5.69 Å². The van der Waals surface area contributed by atoms with E-state index in [9.17, 15) is 0 Å². The number of aryl methyl sites for hydroxylation is 1. The summed E-state index contributed by atoms with van der Waals surface area (Å²) in [6.07, 6.45) is 3.65. The standard InChI is InChI=1S/C22H25N5O2/c1-22(2)12-16(8-10-28-22)29-21-17-7-6-15(11-18(17)27(3)26-21)25-20-19-14(13-24-20)5-4-9-23-19/h4-7,9,11,16H,8,10,12-13H2,1-3H3,(H,24,25). The fraction of sp³-hybridized carbons (Fsp3) is 0.409. The number of benzene rings is 1. The Labute approximate surface area is 169 Å². The second kappa shape index (κ2) is 6.84. The molecule has 2 aliphatic rings. The van der Waals surface area contributed by atoms with E-state index in [1.54, 1.807) is 6.20 Å². The van der Waals surface area contributed by atoms with Crippen LogP contribution in [-0.2, 0) is 18.3 Å². The Morgan fingerprint density at radius 3 is 3.03 bits per heavy atom. The van der Waals surface area contributed by atoms with Crippen molar-refractivity contribution in [2.45, 2.75) is 44.9 Å². The van der Waals surface area contributed by atoms with E-state index in [1.165, 1.54) is 0 Å². The quantitative estimate of drug-likeness (QED) is 0.737. The SMILES string of the molecule is Cn1nc(OC2CCOC(C)(C)C2)c2ccc(NC3=NCc4cccnc43)cc21. The summed E-state index contributed by atoms with van der Waals surface area (Å²) >= 11 is 0. The highest BCUT2D eigenvalue weighted by atomic mass is 16.5. The molecule has 1 saturated heterocycles. The number of fused-ring (bicyclic) bond motifs is 2. The molecule has 1 fully saturated rings. The van der Waals surface area contributed by atoms with Gasteiger partial charge in [-0.25, -0.2) is 0 Å². The second-order valence-electron chi connectivity index (χ2n) is 8.30. The Morgan fingerprint density at radius 2 is 2.17 bits per heavy atom. The number of hydrogen-bond donors (Lipinski definition) is 1. The average Bonchev–Trinajstić information content (AvgIpc) is 3.23. The van der Waals surface area contributed by atoms with Crippen LogP contribution in [-0.4, -0.2) is 38.9 Å². The normalized spacial score (nSPS) is 20.4. The lowest BCUT2D eigenvalue weighted by molar-refractivity contribution is -0.0902. The number of pyridine rings is 1. The summed E-state index contributed by atoms with van der Waals surface area (Å²) in [5.74, 6) is 1.49. The highest BCUT2D eigenvalue weighted by Gasteiger charge is 2.31. The smallest absolute Gasteiger partial charge is 0.241 e. The molecular formula is C22H25N5O2. The minimum Gasteiger partial charge on any atom is -0.473 e. The fourth-order valence-electron chi connectivity index (χ4n) is 4.08. The van der Waals surface area contributed by atoms with Gasteiger partial charge in [-0.05, 0) is 38.1 Å². The van der Waals surface area contributed by atoms with Gasteiger partial charge in [-0.2, -0.15) is 0 Å².